The molecule has 1 amide bonds. The van der Waals surface area contributed by atoms with Crippen LogP contribution in [0.15, 0.2) is 34.9 Å². The lowest BCUT2D eigenvalue weighted by molar-refractivity contribution is -0.138. The van der Waals surface area contributed by atoms with Crippen LogP contribution in [0, 0.1) is 0 Å². The summed E-state index contributed by atoms with van der Waals surface area (Å²) >= 11 is 0. The Bertz CT molecular complexity index is 683. The fourth-order valence-electron chi connectivity index (χ4n) is 1.95. The van der Waals surface area contributed by atoms with Gasteiger partial charge in [-0.3, -0.25) is 4.79 Å². The van der Waals surface area contributed by atoms with E-state index in [0.29, 0.717) is 6.42 Å². The third-order valence-electron chi connectivity index (χ3n) is 3.27. The van der Waals surface area contributed by atoms with Crippen LogP contribution >= 0.6 is 0 Å². The fraction of sp³-hybridized carbons (Fsp3) is 0.333. The molecular weight excluding hydrogens is 311 g/mol. The molecular formula is C15H16F3N3O2. The molecule has 1 aromatic carbocycles. The molecule has 8 heteroatoms. The number of amides is 1. The van der Waals surface area contributed by atoms with Gasteiger partial charge in [0, 0.05) is 6.54 Å². The first-order valence-electron chi connectivity index (χ1n) is 6.97. The predicted octanol–water partition coefficient (Wildman–Crippen LogP) is 3.03. The molecule has 0 fully saturated rings. The highest BCUT2D eigenvalue weighted by atomic mass is 19.4. The highest BCUT2D eigenvalue weighted by Gasteiger charge is 2.32. The maximum Gasteiger partial charge on any atom is 0.416 e. The summed E-state index contributed by atoms with van der Waals surface area (Å²) in [5.74, 6) is -0.409. The Kier molecular flexibility index (Phi) is 5.05. The van der Waals surface area contributed by atoms with E-state index >= 15 is 0 Å². The van der Waals surface area contributed by atoms with Crippen molar-refractivity contribution in [3.63, 3.8) is 0 Å². The van der Waals surface area contributed by atoms with Crippen molar-refractivity contribution in [3.8, 4) is 0 Å². The Balaban J connectivity index is 2.07. The Morgan fingerprint density at radius 3 is 2.74 bits per heavy atom. The van der Waals surface area contributed by atoms with E-state index < -0.39 is 23.7 Å². The zero-order chi connectivity index (χ0) is 17.0. The van der Waals surface area contributed by atoms with Gasteiger partial charge < -0.3 is 15.5 Å². The summed E-state index contributed by atoms with van der Waals surface area (Å²) in [4.78, 5) is 15.9. The highest BCUT2D eigenvalue weighted by molar-refractivity contribution is 5.91. The zero-order valence-electron chi connectivity index (χ0n) is 12.4. The lowest BCUT2D eigenvalue weighted by Gasteiger charge is -2.12. The van der Waals surface area contributed by atoms with Crippen LogP contribution in [0.25, 0.3) is 0 Å². The largest absolute Gasteiger partial charge is 0.446 e. The van der Waals surface area contributed by atoms with Crippen molar-refractivity contribution in [3.05, 3.63) is 53.2 Å². The molecule has 0 bridgehead atoms. The van der Waals surface area contributed by atoms with E-state index in [1.54, 1.807) is 0 Å². The van der Waals surface area contributed by atoms with Gasteiger partial charge in [0.25, 0.3) is 5.91 Å². The number of alkyl halides is 3. The summed E-state index contributed by atoms with van der Waals surface area (Å²) in [6, 6.07) is 4.62. The van der Waals surface area contributed by atoms with E-state index in [1.165, 1.54) is 18.2 Å². The molecule has 0 radical (unpaired) electrons. The van der Waals surface area contributed by atoms with Crippen LogP contribution in [-0.2, 0) is 12.7 Å². The number of carbonyl (C=O) groups is 1. The normalized spacial score (nSPS) is 12.9. The average Bonchev–Trinajstić information content (AvgIpc) is 3.01. The molecule has 1 heterocycles. The van der Waals surface area contributed by atoms with Crippen molar-refractivity contribution in [2.24, 2.45) is 5.73 Å². The minimum absolute atomic E-state index is 0.0200. The third-order valence-corrected chi connectivity index (χ3v) is 3.27. The van der Waals surface area contributed by atoms with E-state index in [4.69, 9.17) is 10.2 Å². The van der Waals surface area contributed by atoms with Gasteiger partial charge in [-0.25, -0.2) is 4.98 Å². The molecule has 1 unspecified atom stereocenters. The zero-order valence-corrected chi connectivity index (χ0v) is 12.4. The molecule has 5 nitrogen and oxygen atoms in total. The number of aromatic nitrogens is 1. The number of oxazole rings is 1. The monoisotopic (exact) mass is 327 g/mol. The molecule has 124 valence electrons. The van der Waals surface area contributed by atoms with E-state index in [0.717, 1.165) is 12.3 Å². The molecule has 0 aliphatic heterocycles. The second kappa shape index (κ2) is 6.82. The summed E-state index contributed by atoms with van der Waals surface area (Å²) in [5, 5.41) is 2.40. The van der Waals surface area contributed by atoms with Gasteiger partial charge in [0.05, 0.1) is 11.6 Å². The molecule has 1 aromatic heterocycles. The number of hydrogen-bond acceptors (Lipinski definition) is 4. The van der Waals surface area contributed by atoms with Gasteiger partial charge in [-0.05, 0) is 18.1 Å². The number of nitrogens with two attached hydrogens (primary N) is 1. The molecule has 0 spiro atoms. The third kappa shape index (κ3) is 4.10. The molecule has 3 N–H and O–H groups in total. The Labute approximate surface area is 130 Å². The van der Waals surface area contributed by atoms with E-state index in [1.807, 2.05) is 6.92 Å². The maximum atomic E-state index is 12.9. The van der Waals surface area contributed by atoms with Gasteiger partial charge in [0.15, 0.2) is 5.69 Å². The summed E-state index contributed by atoms with van der Waals surface area (Å²) in [6.07, 6.45) is -2.76. The lowest BCUT2D eigenvalue weighted by atomic mass is 10.1. The standard InChI is InChI=1S/C15H16F3N3O2/c1-2-11(19)14-21-12(8-23-14)13(22)20-7-9-5-3-4-6-10(9)15(16,17)18/h3-6,8,11H,2,7,19H2,1H3,(H,20,22). The molecule has 0 aliphatic rings. The van der Waals surface area contributed by atoms with Gasteiger partial charge in [-0.2, -0.15) is 13.2 Å². The second-order valence-electron chi connectivity index (χ2n) is 4.92. The number of carbonyl (C=O) groups excluding carboxylic acids is 1. The predicted molar refractivity (Wildman–Crippen MR) is 76.3 cm³/mol. The molecule has 0 saturated heterocycles. The van der Waals surface area contributed by atoms with Crippen molar-refractivity contribution >= 4 is 5.91 Å². The number of halogens is 3. The molecule has 0 aliphatic carbocycles. The summed E-state index contributed by atoms with van der Waals surface area (Å²) in [5.41, 5.74) is 4.90. The van der Waals surface area contributed by atoms with E-state index in [9.17, 15) is 18.0 Å². The number of nitrogens with one attached hydrogen (secondary N) is 1. The van der Waals surface area contributed by atoms with Gasteiger partial charge >= 0.3 is 6.18 Å². The topological polar surface area (TPSA) is 81.1 Å². The highest BCUT2D eigenvalue weighted by Crippen LogP contribution is 2.31. The number of rotatable bonds is 5. The first-order valence-corrected chi connectivity index (χ1v) is 6.97. The summed E-state index contributed by atoms with van der Waals surface area (Å²) in [6.45, 7) is 1.57. The van der Waals surface area contributed by atoms with Crippen LogP contribution in [0.2, 0.25) is 0 Å². The lowest BCUT2D eigenvalue weighted by Crippen LogP contribution is -2.25. The van der Waals surface area contributed by atoms with Gasteiger partial charge in [-0.1, -0.05) is 25.1 Å². The minimum Gasteiger partial charge on any atom is -0.446 e. The SMILES string of the molecule is CCC(N)c1nc(C(=O)NCc2ccccc2C(F)(F)F)co1. The van der Waals surface area contributed by atoms with Crippen molar-refractivity contribution in [2.45, 2.75) is 32.1 Å². The molecule has 23 heavy (non-hydrogen) atoms. The first kappa shape index (κ1) is 17.0. The van der Waals surface area contributed by atoms with Crippen LogP contribution in [0.3, 0.4) is 0 Å². The van der Waals surface area contributed by atoms with Crippen LogP contribution in [0.5, 0.6) is 0 Å². The first-order chi connectivity index (χ1) is 10.8. The average molecular weight is 327 g/mol. The van der Waals surface area contributed by atoms with Gasteiger partial charge in [0.2, 0.25) is 5.89 Å². The van der Waals surface area contributed by atoms with Crippen LogP contribution < -0.4 is 11.1 Å². The Morgan fingerprint density at radius 1 is 1.39 bits per heavy atom. The number of hydrogen-bond donors (Lipinski definition) is 2. The van der Waals surface area contributed by atoms with Crippen LogP contribution in [-0.4, -0.2) is 10.9 Å². The van der Waals surface area contributed by atoms with Crippen molar-refractivity contribution < 1.29 is 22.4 Å². The fourth-order valence-corrected chi connectivity index (χ4v) is 1.95. The maximum absolute atomic E-state index is 12.9. The number of nitrogens with zero attached hydrogens (tertiary/aromatic N) is 1. The Morgan fingerprint density at radius 2 is 2.09 bits per heavy atom. The molecule has 0 saturated carbocycles. The van der Waals surface area contributed by atoms with E-state index in [-0.39, 0.29) is 23.7 Å². The molecule has 2 aromatic rings. The minimum atomic E-state index is -4.48. The summed E-state index contributed by atoms with van der Waals surface area (Å²) in [7, 11) is 0. The Hall–Kier alpha value is -2.35. The van der Waals surface area contributed by atoms with Crippen molar-refractivity contribution in [1.82, 2.24) is 10.3 Å². The van der Waals surface area contributed by atoms with Crippen LogP contribution in [0.4, 0.5) is 13.2 Å². The second-order valence-corrected chi connectivity index (χ2v) is 4.92. The van der Waals surface area contributed by atoms with Gasteiger partial charge in [-0.15, -0.1) is 0 Å². The molecule has 1 atom stereocenters. The van der Waals surface area contributed by atoms with Crippen molar-refractivity contribution in [2.75, 3.05) is 0 Å². The number of benzene rings is 1. The van der Waals surface area contributed by atoms with Crippen molar-refractivity contribution in [1.29, 1.82) is 0 Å². The van der Waals surface area contributed by atoms with E-state index in [2.05, 4.69) is 10.3 Å². The summed E-state index contributed by atoms with van der Waals surface area (Å²) < 4.78 is 43.7. The smallest absolute Gasteiger partial charge is 0.416 e. The van der Waals surface area contributed by atoms with Crippen LogP contribution in [0.1, 0.15) is 46.9 Å². The van der Waals surface area contributed by atoms with Gasteiger partial charge in [0.1, 0.15) is 6.26 Å². The molecule has 2 rings (SSSR count). The quantitative estimate of drug-likeness (QED) is 0.884.